The number of carbonyl (C=O) groups excluding carboxylic acids is 1. The lowest BCUT2D eigenvalue weighted by Crippen LogP contribution is -2.34. The van der Waals surface area contributed by atoms with E-state index in [-0.39, 0.29) is 5.54 Å². The molecule has 4 heteroatoms. The SMILES string of the molecule is CC1(c2ccc(C=O)c3c2OCCO3)CCCN1. The monoisotopic (exact) mass is 247 g/mol. The van der Waals surface area contributed by atoms with E-state index in [1.165, 1.54) is 0 Å². The Labute approximate surface area is 106 Å². The molecular weight excluding hydrogens is 230 g/mol. The Bertz CT molecular complexity index is 478. The molecule has 0 spiro atoms. The normalized spacial score (nSPS) is 26.1. The Morgan fingerprint density at radius 1 is 1.28 bits per heavy atom. The summed E-state index contributed by atoms with van der Waals surface area (Å²) in [6, 6.07) is 3.80. The van der Waals surface area contributed by atoms with Crippen LogP contribution in [0.15, 0.2) is 12.1 Å². The van der Waals surface area contributed by atoms with E-state index in [4.69, 9.17) is 9.47 Å². The molecule has 0 amide bonds. The molecule has 1 aromatic carbocycles. The fourth-order valence-corrected chi connectivity index (χ4v) is 2.81. The Kier molecular flexibility index (Phi) is 2.74. The van der Waals surface area contributed by atoms with Gasteiger partial charge >= 0.3 is 0 Å². The number of benzene rings is 1. The Morgan fingerprint density at radius 3 is 2.72 bits per heavy atom. The van der Waals surface area contributed by atoms with Crippen LogP contribution in [0.25, 0.3) is 0 Å². The van der Waals surface area contributed by atoms with Crippen LogP contribution in [-0.4, -0.2) is 26.0 Å². The molecule has 0 aromatic heterocycles. The quantitative estimate of drug-likeness (QED) is 0.810. The topological polar surface area (TPSA) is 47.6 Å². The van der Waals surface area contributed by atoms with Crippen LogP contribution in [-0.2, 0) is 5.54 Å². The molecule has 0 aliphatic carbocycles. The van der Waals surface area contributed by atoms with Gasteiger partial charge in [-0.3, -0.25) is 4.79 Å². The molecule has 4 nitrogen and oxygen atoms in total. The summed E-state index contributed by atoms with van der Waals surface area (Å²) in [6.45, 7) is 4.23. The Balaban J connectivity index is 2.13. The van der Waals surface area contributed by atoms with Gasteiger partial charge in [0, 0.05) is 11.1 Å². The smallest absolute Gasteiger partial charge is 0.172 e. The number of carbonyl (C=O) groups is 1. The van der Waals surface area contributed by atoms with Gasteiger partial charge in [0.1, 0.15) is 13.2 Å². The summed E-state index contributed by atoms with van der Waals surface area (Å²) < 4.78 is 11.4. The zero-order valence-electron chi connectivity index (χ0n) is 10.5. The summed E-state index contributed by atoms with van der Waals surface area (Å²) in [5, 5.41) is 3.51. The van der Waals surface area contributed by atoms with Crippen molar-refractivity contribution in [3.05, 3.63) is 23.3 Å². The number of ether oxygens (including phenoxy) is 2. The summed E-state index contributed by atoms with van der Waals surface area (Å²) >= 11 is 0. The van der Waals surface area contributed by atoms with Crippen molar-refractivity contribution in [3.8, 4) is 11.5 Å². The molecule has 1 fully saturated rings. The third kappa shape index (κ3) is 1.68. The molecule has 2 aliphatic heterocycles. The van der Waals surface area contributed by atoms with Crippen LogP contribution >= 0.6 is 0 Å². The third-order valence-electron chi connectivity index (χ3n) is 3.81. The van der Waals surface area contributed by atoms with Crippen LogP contribution in [0.4, 0.5) is 0 Å². The summed E-state index contributed by atoms with van der Waals surface area (Å²) in [5.74, 6) is 1.34. The molecule has 1 aromatic rings. The second-order valence-electron chi connectivity index (χ2n) is 5.04. The van der Waals surface area contributed by atoms with Gasteiger partial charge in [0.15, 0.2) is 17.8 Å². The first-order valence-electron chi connectivity index (χ1n) is 6.38. The van der Waals surface area contributed by atoms with Crippen molar-refractivity contribution in [2.45, 2.75) is 25.3 Å². The number of nitrogens with one attached hydrogen (secondary N) is 1. The highest BCUT2D eigenvalue weighted by atomic mass is 16.6. The highest BCUT2D eigenvalue weighted by molar-refractivity contribution is 5.82. The number of fused-ring (bicyclic) bond motifs is 1. The van der Waals surface area contributed by atoms with E-state index >= 15 is 0 Å². The van der Waals surface area contributed by atoms with E-state index in [2.05, 4.69) is 12.2 Å². The van der Waals surface area contributed by atoms with Gasteiger partial charge in [-0.25, -0.2) is 0 Å². The molecule has 1 unspecified atom stereocenters. The Hall–Kier alpha value is -1.55. The van der Waals surface area contributed by atoms with E-state index in [0.29, 0.717) is 24.5 Å². The second-order valence-corrected chi connectivity index (χ2v) is 5.04. The van der Waals surface area contributed by atoms with Gasteiger partial charge in [0.05, 0.1) is 5.56 Å². The summed E-state index contributed by atoms with van der Waals surface area (Å²) in [5.41, 5.74) is 1.59. The zero-order chi connectivity index (χ0) is 12.6. The summed E-state index contributed by atoms with van der Waals surface area (Å²) in [4.78, 5) is 11.0. The number of rotatable bonds is 2. The average Bonchev–Trinajstić information content (AvgIpc) is 2.85. The van der Waals surface area contributed by atoms with Crippen molar-refractivity contribution in [2.24, 2.45) is 0 Å². The molecule has 2 heterocycles. The molecule has 1 atom stereocenters. The molecule has 0 radical (unpaired) electrons. The van der Waals surface area contributed by atoms with Crippen molar-refractivity contribution >= 4 is 6.29 Å². The van der Waals surface area contributed by atoms with Crippen molar-refractivity contribution in [1.82, 2.24) is 5.32 Å². The summed E-state index contributed by atoms with van der Waals surface area (Å²) in [6.07, 6.45) is 3.05. The van der Waals surface area contributed by atoms with Gasteiger partial charge < -0.3 is 14.8 Å². The molecule has 18 heavy (non-hydrogen) atoms. The minimum Gasteiger partial charge on any atom is -0.486 e. The minimum atomic E-state index is -0.0772. The molecule has 1 N–H and O–H groups in total. The molecule has 0 bridgehead atoms. The first-order valence-corrected chi connectivity index (χ1v) is 6.38. The number of aldehydes is 1. The van der Waals surface area contributed by atoms with Crippen molar-refractivity contribution in [1.29, 1.82) is 0 Å². The van der Waals surface area contributed by atoms with Crippen LogP contribution < -0.4 is 14.8 Å². The average molecular weight is 247 g/mol. The highest BCUT2D eigenvalue weighted by Gasteiger charge is 2.35. The lowest BCUT2D eigenvalue weighted by Gasteiger charge is -2.30. The van der Waals surface area contributed by atoms with E-state index in [0.717, 1.165) is 37.0 Å². The van der Waals surface area contributed by atoms with Gasteiger partial charge in [-0.15, -0.1) is 0 Å². The number of hydrogen-bond donors (Lipinski definition) is 1. The van der Waals surface area contributed by atoms with Crippen molar-refractivity contribution in [3.63, 3.8) is 0 Å². The fraction of sp³-hybridized carbons (Fsp3) is 0.500. The van der Waals surface area contributed by atoms with Crippen LogP contribution in [0.3, 0.4) is 0 Å². The van der Waals surface area contributed by atoms with E-state index < -0.39 is 0 Å². The predicted molar refractivity (Wildman–Crippen MR) is 67.4 cm³/mol. The maximum Gasteiger partial charge on any atom is 0.172 e. The minimum absolute atomic E-state index is 0.0772. The zero-order valence-corrected chi connectivity index (χ0v) is 10.5. The van der Waals surface area contributed by atoms with Gasteiger partial charge in [-0.2, -0.15) is 0 Å². The van der Waals surface area contributed by atoms with Crippen LogP contribution in [0.2, 0.25) is 0 Å². The maximum atomic E-state index is 11.0. The Morgan fingerprint density at radius 2 is 2.06 bits per heavy atom. The van der Waals surface area contributed by atoms with E-state index in [9.17, 15) is 4.79 Å². The van der Waals surface area contributed by atoms with Crippen molar-refractivity contribution < 1.29 is 14.3 Å². The lowest BCUT2D eigenvalue weighted by molar-refractivity contribution is 0.111. The fourth-order valence-electron chi connectivity index (χ4n) is 2.81. The van der Waals surface area contributed by atoms with Crippen LogP contribution in [0, 0.1) is 0 Å². The van der Waals surface area contributed by atoms with Crippen LogP contribution in [0.5, 0.6) is 11.5 Å². The van der Waals surface area contributed by atoms with Gasteiger partial charge in [-0.1, -0.05) is 6.07 Å². The maximum absolute atomic E-state index is 11.0. The predicted octanol–water partition coefficient (Wildman–Crippen LogP) is 1.87. The molecule has 2 aliphatic rings. The molecule has 0 saturated carbocycles. The summed E-state index contributed by atoms with van der Waals surface area (Å²) in [7, 11) is 0. The first-order chi connectivity index (χ1) is 8.74. The van der Waals surface area contributed by atoms with Gasteiger partial charge in [-0.05, 0) is 32.4 Å². The first kappa shape index (κ1) is 11.5. The molecule has 1 saturated heterocycles. The third-order valence-corrected chi connectivity index (χ3v) is 3.81. The standard InChI is InChI=1S/C14H17NO3/c1-14(5-2-6-15-14)11-4-3-10(9-16)12-13(11)18-8-7-17-12/h3-4,9,15H,2,5-8H2,1H3. The van der Waals surface area contributed by atoms with E-state index in [1.54, 1.807) is 0 Å². The van der Waals surface area contributed by atoms with Crippen molar-refractivity contribution in [2.75, 3.05) is 19.8 Å². The molecular formula is C14H17NO3. The molecule has 96 valence electrons. The lowest BCUT2D eigenvalue weighted by atomic mass is 9.88. The van der Waals surface area contributed by atoms with Gasteiger partial charge in [0.2, 0.25) is 0 Å². The van der Waals surface area contributed by atoms with E-state index in [1.807, 2.05) is 12.1 Å². The largest absolute Gasteiger partial charge is 0.486 e. The van der Waals surface area contributed by atoms with Crippen LogP contribution in [0.1, 0.15) is 35.7 Å². The number of hydrogen-bond acceptors (Lipinski definition) is 4. The highest BCUT2D eigenvalue weighted by Crippen LogP contribution is 2.44. The second kappa shape index (κ2) is 4.28. The molecule has 3 rings (SSSR count). The van der Waals surface area contributed by atoms with Gasteiger partial charge in [0.25, 0.3) is 0 Å².